The first-order valence-corrected chi connectivity index (χ1v) is 7.82. The highest BCUT2D eigenvalue weighted by atomic mass is 35.5. The predicted molar refractivity (Wildman–Crippen MR) is 95.5 cm³/mol. The van der Waals surface area contributed by atoms with E-state index in [0.717, 1.165) is 12.1 Å². The Balaban J connectivity index is 3.59. The van der Waals surface area contributed by atoms with E-state index in [4.69, 9.17) is 18.0 Å². The molecule has 3 N–H and O–H groups in total. The normalized spacial score (nSPS) is 11.2. The lowest BCUT2D eigenvalue weighted by molar-refractivity contribution is -0.384. The van der Waals surface area contributed by atoms with Crippen molar-refractivity contribution in [1.29, 1.82) is 0 Å². The largest absolute Gasteiger partial charge is 0.375 e. The van der Waals surface area contributed by atoms with Crippen LogP contribution in [-0.2, 0) is 4.79 Å². The third-order valence-electron chi connectivity index (χ3n) is 3.05. The monoisotopic (exact) mass is 368 g/mol. The van der Waals surface area contributed by atoms with Crippen molar-refractivity contribution in [3.8, 4) is 12.3 Å². The molecular weight excluding hydrogens is 351 g/mol. The second kappa shape index (κ2) is 9.49. The first kappa shape index (κ1) is 20.3. The van der Waals surface area contributed by atoms with E-state index in [9.17, 15) is 19.3 Å². The first-order valence-electron chi connectivity index (χ1n) is 7.44. The second-order valence-electron chi connectivity index (χ2n) is 4.74. The van der Waals surface area contributed by atoms with Crippen LogP contribution in [0.25, 0.3) is 5.57 Å². The molecule has 0 aliphatic rings. The van der Waals surface area contributed by atoms with E-state index >= 15 is 0 Å². The molecule has 9 heteroatoms. The zero-order chi connectivity index (χ0) is 19.0. The molecule has 0 fully saturated rings. The summed E-state index contributed by atoms with van der Waals surface area (Å²) < 4.78 is 14.5. The summed E-state index contributed by atoms with van der Waals surface area (Å²) in [5.74, 6) is 0.718. The molecule has 7 nitrogen and oxygen atoms in total. The highest BCUT2D eigenvalue weighted by molar-refractivity contribution is 6.39. The van der Waals surface area contributed by atoms with Gasteiger partial charge in [-0.25, -0.2) is 4.39 Å². The Morgan fingerprint density at radius 3 is 2.52 bits per heavy atom. The second-order valence-corrected chi connectivity index (χ2v) is 5.12. The van der Waals surface area contributed by atoms with Crippen molar-refractivity contribution in [2.75, 3.05) is 25.0 Å². The lowest BCUT2D eigenvalue weighted by Crippen LogP contribution is -2.27. The van der Waals surface area contributed by atoms with E-state index in [2.05, 4.69) is 21.9 Å². The third kappa shape index (κ3) is 5.09. The summed E-state index contributed by atoms with van der Waals surface area (Å²) in [6, 6.07) is 1.87. The fraction of sp³-hybridized carbons (Fsp3) is 0.312. The third-order valence-corrected chi connectivity index (χ3v) is 3.37. The molecule has 25 heavy (non-hydrogen) atoms. The summed E-state index contributed by atoms with van der Waals surface area (Å²) in [6.45, 7) is 4.15. The number of amides is 1. The SMILES string of the molecule is C#CCNc1cc(/C(C(=O)NCC)=C(\Cl)NCC)c(F)cc1[N+](=O)[O-]. The molecule has 0 heterocycles. The topological polar surface area (TPSA) is 96.3 Å². The zero-order valence-corrected chi connectivity index (χ0v) is 14.5. The van der Waals surface area contributed by atoms with Crippen molar-refractivity contribution < 1.29 is 14.1 Å². The minimum absolute atomic E-state index is 0.00689. The number of anilines is 1. The average Bonchev–Trinajstić information content (AvgIpc) is 2.55. The molecule has 0 unspecified atom stereocenters. The van der Waals surface area contributed by atoms with Gasteiger partial charge >= 0.3 is 0 Å². The maximum Gasteiger partial charge on any atom is 0.295 e. The van der Waals surface area contributed by atoms with Crippen LogP contribution in [0.15, 0.2) is 17.3 Å². The van der Waals surface area contributed by atoms with E-state index in [0.29, 0.717) is 13.1 Å². The van der Waals surface area contributed by atoms with Crippen molar-refractivity contribution in [2.45, 2.75) is 13.8 Å². The maximum absolute atomic E-state index is 14.5. The summed E-state index contributed by atoms with van der Waals surface area (Å²) in [5.41, 5.74) is -0.836. The van der Waals surface area contributed by atoms with E-state index in [-0.39, 0.29) is 28.5 Å². The van der Waals surface area contributed by atoms with Gasteiger partial charge in [0.25, 0.3) is 11.6 Å². The van der Waals surface area contributed by atoms with Gasteiger partial charge in [0.2, 0.25) is 0 Å². The standard InChI is InChI=1S/C16H18ClFN4O3/c1-4-7-21-12-8-10(11(18)9-13(12)22(24)25)14(15(17)19-5-2)16(23)20-6-3/h1,8-9,19,21H,5-7H2,2-3H3,(H,20,23)/b15-14-. The van der Waals surface area contributed by atoms with Crippen LogP contribution in [0.2, 0.25) is 0 Å². The molecule has 0 saturated heterocycles. The van der Waals surface area contributed by atoms with Gasteiger partial charge in [0.15, 0.2) is 0 Å². The number of hydrogen-bond donors (Lipinski definition) is 3. The van der Waals surface area contributed by atoms with E-state index in [1.807, 2.05) is 0 Å². The number of carbonyl (C=O) groups is 1. The molecule has 134 valence electrons. The average molecular weight is 369 g/mol. The number of nitrogens with one attached hydrogen (secondary N) is 3. The van der Waals surface area contributed by atoms with Gasteiger partial charge in [-0.15, -0.1) is 6.42 Å². The van der Waals surface area contributed by atoms with Crippen LogP contribution >= 0.6 is 11.6 Å². The van der Waals surface area contributed by atoms with Crippen LogP contribution in [-0.4, -0.2) is 30.5 Å². The number of nitrogens with zero attached hydrogens (tertiary/aromatic N) is 1. The number of nitro benzene ring substituents is 1. The van der Waals surface area contributed by atoms with Gasteiger partial charge in [-0.1, -0.05) is 17.5 Å². The molecule has 0 radical (unpaired) electrons. The number of nitro groups is 1. The summed E-state index contributed by atoms with van der Waals surface area (Å²) in [6.07, 6.45) is 5.14. The van der Waals surface area contributed by atoms with Crippen molar-refractivity contribution in [1.82, 2.24) is 10.6 Å². The molecule has 0 saturated carbocycles. The quantitative estimate of drug-likeness (QED) is 0.215. The number of carbonyl (C=O) groups excluding carboxylic acids is 1. The minimum Gasteiger partial charge on any atom is -0.375 e. The Labute approximate surface area is 149 Å². The Morgan fingerprint density at radius 1 is 1.36 bits per heavy atom. The molecule has 0 bridgehead atoms. The Bertz CT molecular complexity index is 744. The van der Waals surface area contributed by atoms with Gasteiger partial charge in [-0.05, 0) is 19.9 Å². The Kier molecular flexibility index (Phi) is 7.69. The van der Waals surface area contributed by atoms with Gasteiger partial charge in [0.1, 0.15) is 16.7 Å². The highest BCUT2D eigenvalue weighted by Gasteiger charge is 2.25. The number of terminal acetylenes is 1. The molecule has 1 aromatic rings. The van der Waals surface area contributed by atoms with Crippen molar-refractivity contribution >= 4 is 34.5 Å². The molecule has 1 amide bonds. The zero-order valence-electron chi connectivity index (χ0n) is 13.8. The van der Waals surface area contributed by atoms with Crippen molar-refractivity contribution in [3.05, 3.63) is 38.8 Å². The van der Waals surface area contributed by atoms with Gasteiger partial charge in [0.05, 0.1) is 23.1 Å². The molecule has 0 aliphatic carbocycles. The van der Waals surface area contributed by atoms with Crippen molar-refractivity contribution in [2.24, 2.45) is 0 Å². The lowest BCUT2D eigenvalue weighted by Gasteiger charge is -2.14. The van der Waals surface area contributed by atoms with Crippen LogP contribution in [0.5, 0.6) is 0 Å². The van der Waals surface area contributed by atoms with E-state index in [1.165, 1.54) is 0 Å². The first-order chi connectivity index (χ1) is 11.9. The lowest BCUT2D eigenvalue weighted by atomic mass is 10.0. The predicted octanol–water partition coefficient (Wildman–Crippen LogP) is 2.43. The van der Waals surface area contributed by atoms with Crippen LogP contribution in [0, 0.1) is 28.3 Å². The number of halogens is 2. The highest BCUT2D eigenvalue weighted by Crippen LogP contribution is 2.32. The maximum atomic E-state index is 14.5. The fourth-order valence-electron chi connectivity index (χ4n) is 2.03. The van der Waals surface area contributed by atoms with Gasteiger partial charge < -0.3 is 16.0 Å². The number of likely N-dealkylation sites (N-methyl/N-ethyl adjacent to an activating group) is 1. The molecule has 0 aliphatic heterocycles. The van der Waals surface area contributed by atoms with Crippen LogP contribution in [0.4, 0.5) is 15.8 Å². The molecule has 0 atom stereocenters. The van der Waals surface area contributed by atoms with E-state index < -0.39 is 22.3 Å². The Morgan fingerprint density at radius 2 is 2.00 bits per heavy atom. The molecule has 1 aromatic carbocycles. The smallest absolute Gasteiger partial charge is 0.295 e. The van der Waals surface area contributed by atoms with Crippen molar-refractivity contribution in [3.63, 3.8) is 0 Å². The van der Waals surface area contributed by atoms with Gasteiger partial charge in [-0.3, -0.25) is 14.9 Å². The van der Waals surface area contributed by atoms with Crippen LogP contribution in [0.3, 0.4) is 0 Å². The summed E-state index contributed by atoms with van der Waals surface area (Å²) in [4.78, 5) is 22.7. The summed E-state index contributed by atoms with van der Waals surface area (Å²) in [5, 5.41) is 19.0. The Hall–Kier alpha value is -2.79. The van der Waals surface area contributed by atoms with Crippen LogP contribution in [0.1, 0.15) is 19.4 Å². The molecular formula is C16H18ClFN4O3. The van der Waals surface area contributed by atoms with E-state index in [1.54, 1.807) is 13.8 Å². The van der Waals surface area contributed by atoms with Gasteiger partial charge in [-0.2, -0.15) is 0 Å². The number of hydrogen-bond acceptors (Lipinski definition) is 5. The number of rotatable bonds is 8. The number of benzene rings is 1. The fourth-order valence-corrected chi connectivity index (χ4v) is 2.35. The molecule has 0 aromatic heterocycles. The minimum atomic E-state index is -0.949. The molecule has 1 rings (SSSR count). The molecule has 0 spiro atoms. The van der Waals surface area contributed by atoms with Gasteiger partial charge in [0, 0.05) is 18.7 Å². The van der Waals surface area contributed by atoms with Crippen LogP contribution < -0.4 is 16.0 Å². The summed E-state index contributed by atoms with van der Waals surface area (Å²) in [7, 11) is 0. The summed E-state index contributed by atoms with van der Waals surface area (Å²) >= 11 is 6.10.